The van der Waals surface area contributed by atoms with Gasteiger partial charge in [0.1, 0.15) is 5.82 Å². The largest absolute Gasteiger partial charge is 0.395 e. The van der Waals surface area contributed by atoms with Crippen LogP contribution in [0.5, 0.6) is 0 Å². The molecule has 2 rings (SSSR count). The van der Waals surface area contributed by atoms with Crippen molar-refractivity contribution in [3.8, 4) is 0 Å². The van der Waals surface area contributed by atoms with E-state index in [0.29, 0.717) is 11.4 Å². The number of nitrogens with zero attached hydrogens (tertiary/aromatic N) is 1. The summed E-state index contributed by atoms with van der Waals surface area (Å²) in [5.74, 6) is 0.523. The Hall–Kier alpha value is -1.53. The molecule has 1 heterocycles. The lowest BCUT2D eigenvalue weighted by atomic mass is 10.0. The van der Waals surface area contributed by atoms with Crippen molar-refractivity contribution in [1.82, 2.24) is 10.2 Å². The van der Waals surface area contributed by atoms with Gasteiger partial charge in [0.05, 0.1) is 12.6 Å². The Morgan fingerprint density at radius 1 is 1.62 bits per heavy atom. The Morgan fingerprint density at radius 2 is 2.43 bits per heavy atom. The zero-order valence-electron chi connectivity index (χ0n) is 11.7. The Kier molecular flexibility index (Phi) is 5.64. The summed E-state index contributed by atoms with van der Waals surface area (Å²) in [6.07, 6.45) is 2.37. The third-order valence-electron chi connectivity index (χ3n) is 3.33. The quantitative estimate of drug-likeness (QED) is 0.822. The second-order valence-electron chi connectivity index (χ2n) is 4.76. The van der Waals surface area contributed by atoms with Crippen LogP contribution < -0.4 is 5.32 Å². The number of benzene rings is 1. The molecular formula is C15H19FN2O2S. The van der Waals surface area contributed by atoms with Gasteiger partial charge in [-0.2, -0.15) is 0 Å². The minimum absolute atomic E-state index is 0.104. The molecule has 0 spiro atoms. The molecule has 0 saturated carbocycles. The molecule has 21 heavy (non-hydrogen) atoms. The van der Waals surface area contributed by atoms with E-state index in [2.05, 4.69) is 11.9 Å². The van der Waals surface area contributed by atoms with Crippen LogP contribution in [-0.2, 0) is 0 Å². The minimum atomic E-state index is -0.268. The Morgan fingerprint density at radius 3 is 3.14 bits per heavy atom. The van der Waals surface area contributed by atoms with Gasteiger partial charge in [0, 0.05) is 23.7 Å². The highest BCUT2D eigenvalue weighted by molar-refractivity contribution is 7.99. The Labute approximate surface area is 128 Å². The maximum Gasteiger partial charge on any atom is 0.318 e. The van der Waals surface area contributed by atoms with E-state index in [1.807, 2.05) is 6.07 Å². The fraction of sp³-hybridized carbons (Fsp3) is 0.400. The molecule has 114 valence electrons. The summed E-state index contributed by atoms with van der Waals surface area (Å²) in [5.41, 5.74) is 0.821. The van der Waals surface area contributed by atoms with Gasteiger partial charge in [0.2, 0.25) is 0 Å². The van der Waals surface area contributed by atoms with Crippen LogP contribution in [0.3, 0.4) is 0 Å². The normalized spacial score (nSPS) is 17.0. The fourth-order valence-corrected chi connectivity index (χ4v) is 3.47. The first kappa shape index (κ1) is 15.9. The number of carbonyl (C=O) groups excluding carboxylic acids is 1. The summed E-state index contributed by atoms with van der Waals surface area (Å²) in [6, 6.07) is 4.48. The highest BCUT2D eigenvalue weighted by Gasteiger charge is 2.25. The maximum absolute atomic E-state index is 13.8. The summed E-state index contributed by atoms with van der Waals surface area (Å²) in [6.45, 7) is 4.11. The third kappa shape index (κ3) is 3.77. The molecule has 2 N–H and O–H groups in total. The predicted molar refractivity (Wildman–Crippen MR) is 81.9 cm³/mol. The zero-order chi connectivity index (χ0) is 15.2. The van der Waals surface area contributed by atoms with Gasteiger partial charge in [0.15, 0.2) is 0 Å². The SMILES string of the molecule is C=CCN(CCO)C(=O)NC1CCSc2c(F)cccc21. The molecule has 0 aromatic heterocycles. The summed E-state index contributed by atoms with van der Waals surface area (Å²) in [4.78, 5) is 14.3. The molecule has 1 aliphatic heterocycles. The lowest BCUT2D eigenvalue weighted by molar-refractivity contribution is 0.180. The van der Waals surface area contributed by atoms with Crippen molar-refractivity contribution in [1.29, 1.82) is 0 Å². The van der Waals surface area contributed by atoms with Gasteiger partial charge in [0.25, 0.3) is 0 Å². The van der Waals surface area contributed by atoms with Gasteiger partial charge in [-0.05, 0) is 18.1 Å². The molecule has 0 fully saturated rings. The molecule has 4 nitrogen and oxygen atoms in total. The van der Waals surface area contributed by atoms with E-state index in [1.165, 1.54) is 22.7 Å². The van der Waals surface area contributed by atoms with Crippen molar-refractivity contribution < 1.29 is 14.3 Å². The number of thioether (sulfide) groups is 1. The third-order valence-corrected chi connectivity index (χ3v) is 4.49. The van der Waals surface area contributed by atoms with Crippen LogP contribution in [0.15, 0.2) is 35.7 Å². The lowest BCUT2D eigenvalue weighted by Gasteiger charge is -2.29. The van der Waals surface area contributed by atoms with Crippen LogP contribution in [0, 0.1) is 5.82 Å². The molecule has 1 aromatic carbocycles. The van der Waals surface area contributed by atoms with E-state index in [-0.39, 0.29) is 31.0 Å². The van der Waals surface area contributed by atoms with Crippen LogP contribution in [-0.4, -0.2) is 41.5 Å². The molecule has 0 aliphatic carbocycles. The number of aliphatic hydroxyl groups is 1. The number of hydrogen-bond donors (Lipinski definition) is 2. The van der Waals surface area contributed by atoms with Gasteiger partial charge in [-0.25, -0.2) is 9.18 Å². The van der Waals surface area contributed by atoms with Gasteiger partial charge < -0.3 is 15.3 Å². The number of rotatable bonds is 5. The first-order chi connectivity index (χ1) is 10.2. The number of carbonyl (C=O) groups is 1. The highest BCUT2D eigenvalue weighted by Crippen LogP contribution is 2.37. The van der Waals surface area contributed by atoms with Crippen LogP contribution in [0.2, 0.25) is 0 Å². The molecule has 0 radical (unpaired) electrons. The standard InChI is InChI=1S/C15H19FN2O2S/c1-2-7-18(8-9-19)15(20)17-13-6-10-21-14-11(13)4-3-5-12(14)16/h2-5,13,19H,1,6-10H2,(H,17,20). The number of amides is 2. The van der Waals surface area contributed by atoms with Gasteiger partial charge in [-0.3, -0.25) is 0 Å². The maximum atomic E-state index is 13.8. The highest BCUT2D eigenvalue weighted by atomic mass is 32.2. The lowest BCUT2D eigenvalue weighted by Crippen LogP contribution is -2.43. The molecule has 1 atom stereocenters. The predicted octanol–water partition coefficient (Wildman–Crippen LogP) is 2.55. The van der Waals surface area contributed by atoms with E-state index in [9.17, 15) is 9.18 Å². The molecule has 0 bridgehead atoms. The second kappa shape index (κ2) is 7.47. The molecule has 2 amide bonds. The van der Waals surface area contributed by atoms with Crippen molar-refractivity contribution in [2.45, 2.75) is 17.4 Å². The van der Waals surface area contributed by atoms with E-state index in [4.69, 9.17) is 5.11 Å². The van der Waals surface area contributed by atoms with Crippen molar-refractivity contribution >= 4 is 17.8 Å². The molecule has 6 heteroatoms. The van der Waals surface area contributed by atoms with Crippen LogP contribution >= 0.6 is 11.8 Å². The average Bonchev–Trinajstić information content (AvgIpc) is 2.48. The van der Waals surface area contributed by atoms with E-state index >= 15 is 0 Å². The van der Waals surface area contributed by atoms with E-state index < -0.39 is 0 Å². The molecule has 0 saturated heterocycles. The minimum Gasteiger partial charge on any atom is -0.395 e. The number of hydrogen-bond acceptors (Lipinski definition) is 3. The molecule has 1 aromatic rings. The summed E-state index contributed by atoms with van der Waals surface area (Å²) in [5, 5.41) is 11.9. The number of nitrogens with one attached hydrogen (secondary N) is 1. The van der Waals surface area contributed by atoms with Gasteiger partial charge in [-0.1, -0.05) is 18.2 Å². The van der Waals surface area contributed by atoms with Crippen LogP contribution in [0.25, 0.3) is 0 Å². The van der Waals surface area contributed by atoms with E-state index in [0.717, 1.165) is 17.7 Å². The molecule has 1 aliphatic rings. The number of aliphatic hydroxyl groups excluding tert-OH is 1. The van der Waals surface area contributed by atoms with Crippen molar-refractivity contribution in [3.05, 3.63) is 42.2 Å². The van der Waals surface area contributed by atoms with Crippen LogP contribution in [0.1, 0.15) is 18.0 Å². The van der Waals surface area contributed by atoms with Crippen molar-refractivity contribution in [2.24, 2.45) is 0 Å². The summed E-state index contributed by atoms with van der Waals surface area (Å²) in [7, 11) is 0. The summed E-state index contributed by atoms with van der Waals surface area (Å²) >= 11 is 1.48. The Balaban J connectivity index is 2.12. The van der Waals surface area contributed by atoms with Gasteiger partial charge in [-0.15, -0.1) is 18.3 Å². The topological polar surface area (TPSA) is 52.6 Å². The molecule has 1 unspecified atom stereocenters. The average molecular weight is 310 g/mol. The second-order valence-corrected chi connectivity index (χ2v) is 5.86. The van der Waals surface area contributed by atoms with Crippen molar-refractivity contribution in [3.63, 3.8) is 0 Å². The monoisotopic (exact) mass is 310 g/mol. The first-order valence-corrected chi connectivity index (χ1v) is 7.84. The number of urea groups is 1. The van der Waals surface area contributed by atoms with Crippen LogP contribution in [0.4, 0.5) is 9.18 Å². The van der Waals surface area contributed by atoms with Crippen molar-refractivity contribution in [2.75, 3.05) is 25.4 Å². The molecular weight excluding hydrogens is 291 g/mol. The Bertz CT molecular complexity index is 524. The zero-order valence-corrected chi connectivity index (χ0v) is 12.5. The first-order valence-electron chi connectivity index (χ1n) is 6.85. The van der Waals surface area contributed by atoms with E-state index in [1.54, 1.807) is 12.1 Å². The fourth-order valence-electron chi connectivity index (χ4n) is 2.33. The number of fused-ring (bicyclic) bond motifs is 1. The number of halogens is 1. The summed E-state index contributed by atoms with van der Waals surface area (Å²) < 4.78 is 13.8. The smallest absolute Gasteiger partial charge is 0.318 e. The van der Waals surface area contributed by atoms with Gasteiger partial charge >= 0.3 is 6.03 Å².